The summed E-state index contributed by atoms with van der Waals surface area (Å²) in [5.41, 5.74) is 5.50. The van der Waals surface area contributed by atoms with Crippen LogP contribution in [-0.4, -0.2) is 11.8 Å². The zero-order chi connectivity index (χ0) is 21.5. The molecule has 0 unspecified atom stereocenters. The van der Waals surface area contributed by atoms with E-state index in [0.29, 0.717) is 11.4 Å². The SMILES string of the molecule is CCc1ccc(C=C(C(=O)Nc2ccc(C)cc2)C(=O)Nc2ccc(C)cc2)cc1. The van der Waals surface area contributed by atoms with Crippen molar-refractivity contribution in [3.05, 3.63) is 101 Å². The lowest BCUT2D eigenvalue weighted by Gasteiger charge is -2.11. The molecule has 0 aliphatic rings. The molecule has 3 aromatic rings. The van der Waals surface area contributed by atoms with Gasteiger partial charge in [-0.25, -0.2) is 0 Å². The minimum Gasteiger partial charge on any atom is -0.322 e. The molecular formula is C26H26N2O2. The summed E-state index contributed by atoms with van der Waals surface area (Å²) in [4.78, 5) is 25.9. The molecule has 3 aromatic carbocycles. The van der Waals surface area contributed by atoms with Gasteiger partial charge < -0.3 is 10.6 Å². The Bertz CT molecular complexity index is 986. The van der Waals surface area contributed by atoms with Crippen LogP contribution < -0.4 is 10.6 Å². The largest absolute Gasteiger partial charge is 0.322 e. The Hall–Kier alpha value is -3.66. The van der Waals surface area contributed by atoms with E-state index in [4.69, 9.17) is 0 Å². The molecule has 3 rings (SSSR count). The van der Waals surface area contributed by atoms with Crippen molar-refractivity contribution in [2.45, 2.75) is 27.2 Å². The van der Waals surface area contributed by atoms with Gasteiger partial charge in [0.2, 0.25) is 0 Å². The van der Waals surface area contributed by atoms with Gasteiger partial charge in [-0.3, -0.25) is 9.59 Å². The van der Waals surface area contributed by atoms with E-state index in [2.05, 4.69) is 17.6 Å². The molecule has 152 valence electrons. The number of aryl methyl sites for hydroxylation is 3. The van der Waals surface area contributed by atoms with E-state index >= 15 is 0 Å². The van der Waals surface area contributed by atoms with Crippen molar-refractivity contribution in [1.29, 1.82) is 0 Å². The Kier molecular flexibility index (Phi) is 6.81. The fourth-order valence-corrected chi connectivity index (χ4v) is 2.92. The average Bonchev–Trinajstić information content (AvgIpc) is 2.75. The van der Waals surface area contributed by atoms with Crippen LogP contribution >= 0.6 is 0 Å². The summed E-state index contributed by atoms with van der Waals surface area (Å²) in [5, 5.41) is 5.64. The molecule has 4 nitrogen and oxygen atoms in total. The van der Waals surface area contributed by atoms with Gasteiger partial charge in [-0.2, -0.15) is 0 Å². The molecule has 0 aromatic heterocycles. The Morgan fingerprint density at radius 1 is 0.700 bits per heavy atom. The van der Waals surface area contributed by atoms with E-state index in [1.54, 1.807) is 6.08 Å². The average molecular weight is 399 g/mol. The molecular weight excluding hydrogens is 372 g/mol. The molecule has 0 bridgehead atoms. The molecule has 0 spiro atoms. The van der Waals surface area contributed by atoms with Crippen LogP contribution in [0.4, 0.5) is 11.4 Å². The van der Waals surface area contributed by atoms with Crippen LogP contribution in [0.15, 0.2) is 78.4 Å². The predicted octanol–water partition coefficient (Wildman–Crippen LogP) is 5.53. The lowest BCUT2D eigenvalue weighted by molar-refractivity contribution is -0.118. The van der Waals surface area contributed by atoms with Gasteiger partial charge in [0.25, 0.3) is 11.8 Å². The lowest BCUT2D eigenvalue weighted by Crippen LogP contribution is -2.25. The summed E-state index contributed by atoms with van der Waals surface area (Å²) >= 11 is 0. The molecule has 0 fully saturated rings. The quantitative estimate of drug-likeness (QED) is 0.326. The zero-order valence-corrected chi connectivity index (χ0v) is 17.5. The maximum Gasteiger partial charge on any atom is 0.261 e. The first-order valence-electron chi connectivity index (χ1n) is 10.0. The van der Waals surface area contributed by atoms with Gasteiger partial charge in [0.05, 0.1) is 0 Å². The summed E-state index contributed by atoms with van der Waals surface area (Å²) in [5.74, 6) is -0.911. The van der Waals surface area contributed by atoms with Gasteiger partial charge in [-0.05, 0) is 61.7 Å². The number of hydrogen-bond acceptors (Lipinski definition) is 2. The number of benzene rings is 3. The minimum atomic E-state index is -0.456. The highest BCUT2D eigenvalue weighted by atomic mass is 16.2. The van der Waals surface area contributed by atoms with Gasteiger partial charge in [-0.1, -0.05) is 66.6 Å². The molecule has 0 aliphatic heterocycles. The van der Waals surface area contributed by atoms with Crippen LogP contribution in [0.1, 0.15) is 29.2 Å². The van der Waals surface area contributed by atoms with Crippen molar-refractivity contribution in [2.75, 3.05) is 10.6 Å². The second-order valence-corrected chi connectivity index (χ2v) is 7.29. The van der Waals surface area contributed by atoms with E-state index in [9.17, 15) is 9.59 Å². The predicted molar refractivity (Wildman–Crippen MR) is 123 cm³/mol. The number of anilines is 2. The molecule has 30 heavy (non-hydrogen) atoms. The van der Waals surface area contributed by atoms with Crippen molar-refractivity contribution in [3.63, 3.8) is 0 Å². The van der Waals surface area contributed by atoms with Crippen molar-refractivity contribution in [3.8, 4) is 0 Å². The van der Waals surface area contributed by atoms with E-state index in [1.165, 1.54) is 5.56 Å². The van der Waals surface area contributed by atoms with Crippen LogP contribution in [0.25, 0.3) is 6.08 Å². The third-order valence-corrected chi connectivity index (χ3v) is 4.81. The second kappa shape index (κ2) is 9.70. The van der Waals surface area contributed by atoms with Crippen LogP contribution in [0.5, 0.6) is 0 Å². The van der Waals surface area contributed by atoms with Gasteiger partial charge in [0.1, 0.15) is 5.57 Å². The van der Waals surface area contributed by atoms with Crippen molar-refractivity contribution >= 4 is 29.3 Å². The number of amides is 2. The van der Waals surface area contributed by atoms with Crippen LogP contribution in [-0.2, 0) is 16.0 Å². The molecule has 0 saturated heterocycles. The van der Waals surface area contributed by atoms with Crippen LogP contribution in [0.3, 0.4) is 0 Å². The molecule has 2 N–H and O–H groups in total. The fraction of sp³-hybridized carbons (Fsp3) is 0.154. The van der Waals surface area contributed by atoms with Crippen LogP contribution in [0, 0.1) is 13.8 Å². The Morgan fingerprint density at radius 2 is 1.13 bits per heavy atom. The highest BCUT2D eigenvalue weighted by Crippen LogP contribution is 2.16. The van der Waals surface area contributed by atoms with E-state index < -0.39 is 11.8 Å². The number of nitrogens with one attached hydrogen (secondary N) is 2. The monoisotopic (exact) mass is 398 g/mol. The van der Waals surface area contributed by atoms with Crippen molar-refractivity contribution < 1.29 is 9.59 Å². The first-order valence-corrected chi connectivity index (χ1v) is 10.0. The zero-order valence-electron chi connectivity index (χ0n) is 17.5. The van der Waals surface area contributed by atoms with Gasteiger partial charge in [0, 0.05) is 11.4 Å². The topological polar surface area (TPSA) is 58.2 Å². The number of rotatable bonds is 6. The molecule has 0 aliphatic carbocycles. The summed E-state index contributed by atoms with van der Waals surface area (Å²) in [6.07, 6.45) is 2.55. The first kappa shape index (κ1) is 21.1. The third-order valence-electron chi connectivity index (χ3n) is 4.81. The summed E-state index contributed by atoms with van der Waals surface area (Å²) in [7, 11) is 0. The number of carbonyl (C=O) groups excluding carboxylic acids is 2. The molecule has 4 heteroatoms. The summed E-state index contributed by atoms with van der Waals surface area (Å²) < 4.78 is 0. The number of hydrogen-bond donors (Lipinski definition) is 2. The Balaban J connectivity index is 1.88. The third kappa shape index (κ3) is 5.67. The number of carbonyl (C=O) groups is 2. The standard InChI is InChI=1S/C26H26N2O2/c1-4-20-9-11-21(12-10-20)17-24(25(29)27-22-13-5-18(2)6-14-22)26(30)28-23-15-7-19(3)8-16-23/h5-17H,4H2,1-3H3,(H,27,29)(H,28,30). The van der Waals surface area contributed by atoms with E-state index in [-0.39, 0.29) is 5.57 Å². The van der Waals surface area contributed by atoms with Gasteiger partial charge >= 0.3 is 0 Å². The fourth-order valence-electron chi connectivity index (χ4n) is 2.92. The summed E-state index contributed by atoms with van der Waals surface area (Å²) in [6.45, 7) is 6.04. The molecule has 0 atom stereocenters. The highest BCUT2D eigenvalue weighted by Gasteiger charge is 2.19. The molecule has 2 amide bonds. The van der Waals surface area contributed by atoms with Crippen molar-refractivity contribution in [1.82, 2.24) is 0 Å². The van der Waals surface area contributed by atoms with Crippen molar-refractivity contribution in [2.24, 2.45) is 0 Å². The molecule has 0 radical (unpaired) electrons. The molecule has 0 heterocycles. The first-order chi connectivity index (χ1) is 14.4. The maximum atomic E-state index is 13.0. The van der Waals surface area contributed by atoms with Gasteiger partial charge in [-0.15, -0.1) is 0 Å². The maximum absolute atomic E-state index is 13.0. The highest BCUT2D eigenvalue weighted by molar-refractivity contribution is 6.28. The second-order valence-electron chi connectivity index (χ2n) is 7.29. The van der Waals surface area contributed by atoms with E-state index in [0.717, 1.165) is 23.1 Å². The minimum absolute atomic E-state index is 0.0420. The Labute approximate surface area is 177 Å². The lowest BCUT2D eigenvalue weighted by atomic mass is 10.1. The summed E-state index contributed by atoms with van der Waals surface area (Å²) in [6, 6.07) is 22.7. The van der Waals surface area contributed by atoms with Gasteiger partial charge in [0.15, 0.2) is 0 Å². The normalized spacial score (nSPS) is 10.2. The smallest absolute Gasteiger partial charge is 0.261 e. The van der Waals surface area contributed by atoms with E-state index in [1.807, 2.05) is 86.6 Å². The molecule has 0 saturated carbocycles. The van der Waals surface area contributed by atoms with Crippen LogP contribution in [0.2, 0.25) is 0 Å². The Morgan fingerprint density at radius 3 is 1.53 bits per heavy atom.